The van der Waals surface area contributed by atoms with Gasteiger partial charge in [-0.3, -0.25) is 10.1 Å². The average Bonchev–Trinajstić information content (AvgIpc) is 2.50. The summed E-state index contributed by atoms with van der Waals surface area (Å²) >= 11 is 0. The fourth-order valence-corrected chi connectivity index (χ4v) is 0.746. The molecule has 1 rings (SSSR count). The van der Waals surface area contributed by atoms with E-state index in [2.05, 4.69) is 10.8 Å². The lowest BCUT2D eigenvalue weighted by atomic mass is 10.3. The van der Waals surface area contributed by atoms with Gasteiger partial charge in [0.15, 0.2) is 0 Å². The van der Waals surface area contributed by atoms with Crippen LogP contribution >= 0.6 is 0 Å². The summed E-state index contributed by atoms with van der Waals surface area (Å²) in [7, 11) is 0. The molecule has 0 atom stereocenters. The van der Waals surface area contributed by atoms with E-state index in [9.17, 15) is 18.4 Å². The number of alkyl halides is 2. The topological polar surface area (TPSA) is 90.0 Å². The van der Waals surface area contributed by atoms with Gasteiger partial charge in [-0.15, -0.1) is 0 Å². The Morgan fingerprint density at radius 2 is 2.21 bits per heavy atom. The fraction of sp³-hybridized carbons (Fsp3) is 0.167. The summed E-state index contributed by atoms with van der Waals surface area (Å²) < 4.78 is 24.3. The molecule has 0 aliphatic heterocycles. The number of halogens is 2. The van der Waals surface area contributed by atoms with Crippen LogP contribution < -0.4 is 11.1 Å². The van der Waals surface area contributed by atoms with Crippen molar-refractivity contribution in [1.82, 2.24) is 15.1 Å². The minimum atomic E-state index is -2.83. The Kier molecular flexibility index (Phi) is 2.75. The third-order valence-corrected chi connectivity index (χ3v) is 1.30. The van der Waals surface area contributed by atoms with Gasteiger partial charge in [0.05, 0.1) is 11.8 Å². The van der Waals surface area contributed by atoms with Crippen LogP contribution in [0.3, 0.4) is 0 Å². The summed E-state index contributed by atoms with van der Waals surface area (Å²) in [5.41, 5.74) is 4.49. The number of urea groups is 1. The van der Waals surface area contributed by atoms with E-state index in [4.69, 9.17) is 0 Å². The second-order valence-corrected chi connectivity index (χ2v) is 2.31. The first-order valence-electron chi connectivity index (χ1n) is 3.44. The van der Waals surface area contributed by atoms with E-state index in [-0.39, 0.29) is 10.2 Å². The number of amides is 3. The van der Waals surface area contributed by atoms with Crippen molar-refractivity contribution in [3.63, 3.8) is 0 Å². The van der Waals surface area contributed by atoms with E-state index in [1.165, 1.54) is 0 Å². The van der Waals surface area contributed by atoms with Gasteiger partial charge in [0, 0.05) is 6.20 Å². The minimum Gasteiger partial charge on any atom is -0.351 e. The van der Waals surface area contributed by atoms with Gasteiger partial charge in [-0.05, 0) is 0 Å². The highest BCUT2D eigenvalue weighted by Crippen LogP contribution is 2.09. The number of carbonyl (C=O) groups is 2. The number of aromatic nitrogens is 2. The van der Waals surface area contributed by atoms with Crippen molar-refractivity contribution in [3.8, 4) is 0 Å². The highest BCUT2D eigenvalue weighted by molar-refractivity contribution is 6.03. The Morgan fingerprint density at radius 1 is 1.57 bits per heavy atom. The summed E-state index contributed by atoms with van der Waals surface area (Å²) in [6.07, 6.45) is 1.72. The zero-order valence-electron chi connectivity index (χ0n) is 6.78. The number of nitrogens with zero attached hydrogens (tertiary/aromatic N) is 2. The van der Waals surface area contributed by atoms with Crippen LogP contribution in [0.25, 0.3) is 0 Å². The highest BCUT2D eigenvalue weighted by Gasteiger charge is 2.13. The average molecular weight is 204 g/mol. The molecule has 0 radical (unpaired) electrons. The molecule has 76 valence electrons. The van der Waals surface area contributed by atoms with Gasteiger partial charge in [-0.1, -0.05) is 0 Å². The Morgan fingerprint density at radius 3 is 2.64 bits per heavy atom. The molecule has 1 aromatic heterocycles. The van der Waals surface area contributed by atoms with Crippen molar-refractivity contribution in [2.24, 2.45) is 5.73 Å². The van der Waals surface area contributed by atoms with Gasteiger partial charge in [0.2, 0.25) is 0 Å². The van der Waals surface area contributed by atoms with Gasteiger partial charge < -0.3 is 5.73 Å². The molecule has 0 saturated carbocycles. The quantitative estimate of drug-likeness (QED) is 0.715. The molecule has 0 aromatic carbocycles. The van der Waals surface area contributed by atoms with Crippen LogP contribution in [0.2, 0.25) is 0 Å². The lowest BCUT2D eigenvalue weighted by Crippen LogP contribution is -2.34. The Hall–Kier alpha value is -1.99. The summed E-state index contributed by atoms with van der Waals surface area (Å²) in [6.45, 7) is -2.83. The first kappa shape index (κ1) is 10.1. The summed E-state index contributed by atoms with van der Waals surface area (Å²) in [5.74, 6) is -0.871. The molecular weight excluding hydrogens is 198 g/mol. The van der Waals surface area contributed by atoms with Crippen LogP contribution in [-0.2, 0) is 0 Å². The van der Waals surface area contributed by atoms with Crippen molar-refractivity contribution in [2.45, 2.75) is 6.55 Å². The SMILES string of the molecule is NC(=O)NC(=O)c1cnn(C(F)F)c1. The summed E-state index contributed by atoms with van der Waals surface area (Å²) in [4.78, 5) is 21.2. The van der Waals surface area contributed by atoms with Crippen molar-refractivity contribution in [3.05, 3.63) is 18.0 Å². The van der Waals surface area contributed by atoms with Crippen LogP contribution in [-0.4, -0.2) is 21.7 Å². The lowest BCUT2D eigenvalue weighted by Gasteiger charge is -1.96. The second kappa shape index (κ2) is 3.81. The first-order chi connectivity index (χ1) is 6.50. The Labute approximate surface area is 76.7 Å². The molecule has 0 spiro atoms. The molecule has 0 saturated heterocycles. The van der Waals surface area contributed by atoms with Crippen molar-refractivity contribution in [2.75, 3.05) is 0 Å². The molecule has 0 unspecified atom stereocenters. The number of nitrogens with two attached hydrogens (primary N) is 1. The van der Waals surface area contributed by atoms with Gasteiger partial charge in [-0.25, -0.2) is 9.48 Å². The predicted octanol–water partition coefficient (Wildman–Crippen LogP) is 0.0867. The standard InChI is InChI=1S/C6H6F2N4O2/c7-5(8)12-2-3(1-10-12)4(13)11-6(9)14/h1-2,5H,(H3,9,11,13,14). The highest BCUT2D eigenvalue weighted by atomic mass is 19.3. The molecule has 1 aromatic rings. The molecule has 0 fully saturated rings. The molecule has 1 heterocycles. The summed E-state index contributed by atoms with van der Waals surface area (Å²) in [5, 5.41) is 4.91. The Bertz CT molecular complexity index is 362. The maximum absolute atomic E-state index is 12.0. The maximum Gasteiger partial charge on any atom is 0.333 e. The van der Waals surface area contributed by atoms with Crippen LogP contribution in [0.5, 0.6) is 0 Å². The number of nitrogens with one attached hydrogen (secondary N) is 1. The monoisotopic (exact) mass is 204 g/mol. The number of hydrogen-bond acceptors (Lipinski definition) is 3. The van der Waals surface area contributed by atoms with Crippen molar-refractivity contribution < 1.29 is 18.4 Å². The van der Waals surface area contributed by atoms with E-state index in [1.807, 2.05) is 0 Å². The molecule has 8 heteroatoms. The molecular formula is C6H6F2N4O2. The number of hydrogen-bond donors (Lipinski definition) is 2. The van der Waals surface area contributed by atoms with E-state index < -0.39 is 18.5 Å². The first-order valence-corrected chi connectivity index (χ1v) is 3.44. The number of imide groups is 1. The predicted molar refractivity (Wildman–Crippen MR) is 40.5 cm³/mol. The van der Waals surface area contributed by atoms with E-state index in [0.29, 0.717) is 0 Å². The molecule has 14 heavy (non-hydrogen) atoms. The maximum atomic E-state index is 12.0. The second-order valence-electron chi connectivity index (χ2n) is 2.31. The number of primary amides is 1. The zero-order valence-corrected chi connectivity index (χ0v) is 6.78. The van der Waals surface area contributed by atoms with E-state index in [0.717, 1.165) is 12.4 Å². The van der Waals surface area contributed by atoms with Crippen molar-refractivity contribution in [1.29, 1.82) is 0 Å². The van der Waals surface area contributed by atoms with Crippen LogP contribution in [0, 0.1) is 0 Å². The van der Waals surface area contributed by atoms with E-state index in [1.54, 1.807) is 5.32 Å². The lowest BCUT2D eigenvalue weighted by molar-refractivity contribution is 0.0565. The molecule has 3 amide bonds. The van der Waals surface area contributed by atoms with Crippen molar-refractivity contribution >= 4 is 11.9 Å². The third-order valence-electron chi connectivity index (χ3n) is 1.30. The van der Waals surface area contributed by atoms with Crippen LogP contribution in [0.4, 0.5) is 13.6 Å². The fourth-order valence-electron chi connectivity index (χ4n) is 0.746. The normalized spacial score (nSPS) is 10.2. The molecule has 0 bridgehead atoms. The zero-order chi connectivity index (χ0) is 10.7. The van der Waals surface area contributed by atoms with Gasteiger partial charge >= 0.3 is 12.6 Å². The third kappa shape index (κ3) is 2.25. The Balaban J connectivity index is 2.76. The molecule has 3 N–H and O–H groups in total. The smallest absolute Gasteiger partial charge is 0.333 e. The van der Waals surface area contributed by atoms with Gasteiger partial charge in [-0.2, -0.15) is 13.9 Å². The minimum absolute atomic E-state index is 0.163. The van der Waals surface area contributed by atoms with Crippen LogP contribution in [0.15, 0.2) is 12.4 Å². The number of carbonyl (C=O) groups excluding carboxylic acids is 2. The van der Waals surface area contributed by atoms with Crippen LogP contribution in [0.1, 0.15) is 16.9 Å². The molecule has 0 aliphatic rings. The molecule has 0 aliphatic carbocycles. The van der Waals surface area contributed by atoms with Gasteiger partial charge in [0.25, 0.3) is 5.91 Å². The van der Waals surface area contributed by atoms with E-state index >= 15 is 0 Å². The molecule has 6 nitrogen and oxygen atoms in total. The largest absolute Gasteiger partial charge is 0.351 e. The number of rotatable bonds is 2. The summed E-state index contributed by atoms with van der Waals surface area (Å²) in [6, 6.07) is -1.06. The van der Waals surface area contributed by atoms with Gasteiger partial charge in [0.1, 0.15) is 0 Å².